The minimum Gasteiger partial charge on any atom is -0.396 e. The molecule has 0 aliphatic rings. The first-order valence-corrected chi connectivity index (χ1v) is 4.82. The summed E-state index contributed by atoms with van der Waals surface area (Å²) in [7, 11) is 1.56. The van der Waals surface area contributed by atoms with Crippen molar-refractivity contribution < 1.29 is 14.6 Å². The first kappa shape index (κ1) is 11.7. The van der Waals surface area contributed by atoms with Gasteiger partial charge < -0.3 is 20.1 Å². The van der Waals surface area contributed by atoms with Crippen LogP contribution in [0.25, 0.3) is 0 Å². The van der Waals surface area contributed by atoms with E-state index in [0.29, 0.717) is 18.7 Å². The summed E-state index contributed by atoms with van der Waals surface area (Å²) >= 11 is 0. The molecule has 0 aliphatic heterocycles. The number of nitrogens with one attached hydrogen (secondary N) is 2. The predicted molar refractivity (Wildman–Crippen MR) is 55.6 cm³/mol. The number of aliphatic hydroxyl groups excluding tert-OH is 1. The van der Waals surface area contributed by atoms with Crippen LogP contribution in [-0.2, 0) is 4.74 Å². The summed E-state index contributed by atoms with van der Waals surface area (Å²) in [5, 5.41) is 11.6. The molecule has 5 nitrogen and oxygen atoms in total. The number of aliphatic hydroxyl groups is 1. The Morgan fingerprint density at radius 3 is 3.07 bits per heavy atom. The van der Waals surface area contributed by atoms with E-state index in [0.717, 1.165) is 0 Å². The number of H-pyrrole nitrogens is 1. The van der Waals surface area contributed by atoms with Gasteiger partial charge >= 0.3 is 0 Å². The lowest BCUT2D eigenvalue weighted by Gasteiger charge is -2.16. The van der Waals surface area contributed by atoms with Gasteiger partial charge in [-0.2, -0.15) is 0 Å². The predicted octanol–water partition coefficient (Wildman–Crippen LogP) is 0.142. The van der Waals surface area contributed by atoms with Gasteiger partial charge in [0.05, 0.1) is 12.6 Å². The van der Waals surface area contributed by atoms with Gasteiger partial charge in [-0.05, 0) is 18.6 Å². The first-order valence-electron chi connectivity index (χ1n) is 4.82. The van der Waals surface area contributed by atoms with E-state index in [1.807, 2.05) is 0 Å². The lowest BCUT2D eigenvalue weighted by Crippen LogP contribution is -2.38. The molecule has 84 valence electrons. The number of amides is 1. The van der Waals surface area contributed by atoms with Gasteiger partial charge in [-0.3, -0.25) is 4.79 Å². The Kier molecular flexibility index (Phi) is 4.86. The maximum Gasteiger partial charge on any atom is 0.267 e. The average molecular weight is 212 g/mol. The average Bonchev–Trinajstić information content (AvgIpc) is 2.71. The van der Waals surface area contributed by atoms with Crippen molar-refractivity contribution in [2.45, 2.75) is 12.5 Å². The highest BCUT2D eigenvalue weighted by atomic mass is 16.5. The maximum absolute atomic E-state index is 11.6. The van der Waals surface area contributed by atoms with Crippen LogP contribution in [0, 0.1) is 0 Å². The van der Waals surface area contributed by atoms with Crippen LogP contribution in [0.15, 0.2) is 18.3 Å². The second-order valence-corrected chi connectivity index (χ2v) is 3.22. The summed E-state index contributed by atoms with van der Waals surface area (Å²) in [6, 6.07) is 3.29. The third-order valence-corrected chi connectivity index (χ3v) is 2.02. The third-order valence-electron chi connectivity index (χ3n) is 2.02. The number of carbonyl (C=O) groups excluding carboxylic acids is 1. The van der Waals surface area contributed by atoms with E-state index in [1.54, 1.807) is 25.4 Å². The molecule has 0 saturated carbocycles. The van der Waals surface area contributed by atoms with Crippen molar-refractivity contribution in [2.75, 3.05) is 20.3 Å². The number of rotatable bonds is 6. The van der Waals surface area contributed by atoms with E-state index in [2.05, 4.69) is 10.3 Å². The smallest absolute Gasteiger partial charge is 0.267 e. The fraction of sp³-hybridized carbons (Fsp3) is 0.500. The number of hydrogen-bond donors (Lipinski definition) is 3. The highest BCUT2D eigenvalue weighted by molar-refractivity contribution is 5.92. The van der Waals surface area contributed by atoms with Gasteiger partial charge in [0.2, 0.25) is 0 Å². The van der Waals surface area contributed by atoms with Gasteiger partial charge in [0.1, 0.15) is 5.69 Å². The Morgan fingerprint density at radius 1 is 1.73 bits per heavy atom. The van der Waals surface area contributed by atoms with Crippen molar-refractivity contribution in [1.82, 2.24) is 10.3 Å². The van der Waals surface area contributed by atoms with Crippen molar-refractivity contribution >= 4 is 5.91 Å². The Labute approximate surface area is 88.4 Å². The van der Waals surface area contributed by atoms with Gasteiger partial charge in [0, 0.05) is 19.9 Å². The Balaban J connectivity index is 2.47. The van der Waals surface area contributed by atoms with E-state index in [4.69, 9.17) is 9.84 Å². The Morgan fingerprint density at radius 2 is 2.53 bits per heavy atom. The van der Waals surface area contributed by atoms with Gasteiger partial charge in [-0.25, -0.2) is 0 Å². The van der Waals surface area contributed by atoms with E-state index in [-0.39, 0.29) is 18.6 Å². The molecule has 1 aromatic rings. The van der Waals surface area contributed by atoms with Gasteiger partial charge in [-0.15, -0.1) is 0 Å². The molecule has 1 heterocycles. The van der Waals surface area contributed by atoms with Gasteiger partial charge in [-0.1, -0.05) is 0 Å². The van der Waals surface area contributed by atoms with Crippen LogP contribution in [0.5, 0.6) is 0 Å². The Bertz CT molecular complexity index is 279. The molecule has 1 amide bonds. The maximum atomic E-state index is 11.6. The number of carbonyl (C=O) groups is 1. The molecule has 1 unspecified atom stereocenters. The monoisotopic (exact) mass is 212 g/mol. The molecule has 0 spiro atoms. The summed E-state index contributed by atoms with van der Waals surface area (Å²) in [6.45, 7) is 0.423. The fourth-order valence-electron chi connectivity index (χ4n) is 1.29. The van der Waals surface area contributed by atoms with Crippen LogP contribution < -0.4 is 5.32 Å². The van der Waals surface area contributed by atoms with Gasteiger partial charge in [0.25, 0.3) is 5.91 Å². The molecule has 1 aromatic heterocycles. The lowest BCUT2D eigenvalue weighted by molar-refractivity contribution is 0.0874. The van der Waals surface area contributed by atoms with Crippen molar-refractivity contribution in [2.24, 2.45) is 0 Å². The van der Waals surface area contributed by atoms with Crippen LogP contribution in [0.3, 0.4) is 0 Å². The number of hydrogen-bond acceptors (Lipinski definition) is 3. The minimum absolute atomic E-state index is 0.0268. The summed E-state index contributed by atoms with van der Waals surface area (Å²) in [5.41, 5.74) is 0.508. The molecule has 0 fully saturated rings. The highest BCUT2D eigenvalue weighted by Gasteiger charge is 2.13. The number of aromatic nitrogens is 1. The van der Waals surface area contributed by atoms with Crippen LogP contribution in [-0.4, -0.2) is 42.4 Å². The zero-order valence-electron chi connectivity index (χ0n) is 8.69. The number of aromatic amines is 1. The topological polar surface area (TPSA) is 74.3 Å². The largest absolute Gasteiger partial charge is 0.396 e. The number of ether oxygens (including phenoxy) is 1. The van der Waals surface area contributed by atoms with Crippen LogP contribution >= 0.6 is 0 Å². The fourth-order valence-corrected chi connectivity index (χ4v) is 1.29. The molecular formula is C10H16N2O3. The molecule has 0 bridgehead atoms. The number of methoxy groups -OCH3 is 1. The molecule has 15 heavy (non-hydrogen) atoms. The molecule has 0 radical (unpaired) electrons. The van der Waals surface area contributed by atoms with Crippen molar-refractivity contribution in [3.63, 3.8) is 0 Å². The van der Waals surface area contributed by atoms with Crippen LogP contribution in [0.2, 0.25) is 0 Å². The molecule has 1 atom stereocenters. The zero-order valence-corrected chi connectivity index (χ0v) is 8.69. The molecule has 1 rings (SSSR count). The molecular weight excluding hydrogens is 196 g/mol. The second-order valence-electron chi connectivity index (χ2n) is 3.22. The SMILES string of the molecule is COCC(CCO)NC(=O)c1ccc[nH]1. The van der Waals surface area contributed by atoms with Crippen molar-refractivity contribution in [1.29, 1.82) is 0 Å². The molecule has 3 N–H and O–H groups in total. The zero-order chi connectivity index (χ0) is 11.1. The van der Waals surface area contributed by atoms with Gasteiger partial charge in [0.15, 0.2) is 0 Å². The highest BCUT2D eigenvalue weighted by Crippen LogP contribution is 1.98. The summed E-state index contributed by atoms with van der Waals surface area (Å²) < 4.78 is 4.94. The van der Waals surface area contributed by atoms with E-state index >= 15 is 0 Å². The molecule has 0 aliphatic carbocycles. The summed E-state index contributed by atoms with van der Waals surface area (Å²) in [5.74, 6) is -0.185. The quantitative estimate of drug-likeness (QED) is 0.628. The van der Waals surface area contributed by atoms with E-state index < -0.39 is 0 Å². The Hall–Kier alpha value is -1.33. The summed E-state index contributed by atoms with van der Waals surface area (Å²) in [4.78, 5) is 14.4. The lowest BCUT2D eigenvalue weighted by atomic mass is 10.2. The normalized spacial score (nSPS) is 12.4. The van der Waals surface area contributed by atoms with Crippen LogP contribution in [0.4, 0.5) is 0 Å². The second kappa shape index (κ2) is 6.21. The molecule has 5 heteroatoms. The van der Waals surface area contributed by atoms with Crippen molar-refractivity contribution in [3.8, 4) is 0 Å². The van der Waals surface area contributed by atoms with Crippen molar-refractivity contribution in [3.05, 3.63) is 24.0 Å². The standard InChI is InChI=1S/C10H16N2O3/c1-15-7-8(4-6-13)12-10(14)9-3-2-5-11-9/h2-3,5,8,11,13H,4,6-7H2,1H3,(H,12,14). The first-order chi connectivity index (χ1) is 7.27. The summed E-state index contributed by atoms with van der Waals surface area (Å²) in [6.07, 6.45) is 2.17. The van der Waals surface area contributed by atoms with Crippen LogP contribution in [0.1, 0.15) is 16.9 Å². The van der Waals surface area contributed by atoms with E-state index in [9.17, 15) is 4.79 Å². The molecule has 0 saturated heterocycles. The minimum atomic E-state index is -0.185. The molecule has 0 aromatic carbocycles. The van der Waals surface area contributed by atoms with E-state index in [1.165, 1.54) is 0 Å². The third kappa shape index (κ3) is 3.73.